The van der Waals surface area contributed by atoms with Gasteiger partial charge < -0.3 is 15.6 Å². The summed E-state index contributed by atoms with van der Waals surface area (Å²) >= 11 is 0. The Morgan fingerprint density at radius 1 is 1.65 bits per heavy atom. The Hall–Kier alpha value is -1.00. The van der Waals surface area contributed by atoms with Gasteiger partial charge in [-0.05, 0) is 37.8 Å². The number of nitrogens with zero attached hydrogens (tertiary/aromatic N) is 1. The fourth-order valence-electron chi connectivity index (χ4n) is 2.06. The molecule has 0 aliphatic heterocycles. The van der Waals surface area contributed by atoms with E-state index in [0.29, 0.717) is 18.2 Å². The smallest absolute Gasteiger partial charge is 0.268 e. The Balaban J connectivity index is 0.00000144. The van der Waals surface area contributed by atoms with Crippen molar-refractivity contribution in [1.29, 1.82) is 0 Å². The molecule has 1 amide bonds. The van der Waals surface area contributed by atoms with Gasteiger partial charge in [0.05, 0.1) is 5.54 Å². The highest BCUT2D eigenvalue weighted by Crippen LogP contribution is 2.39. The average molecular weight is 258 g/mol. The van der Waals surface area contributed by atoms with Crippen LogP contribution in [0.2, 0.25) is 0 Å². The predicted octanol–water partition coefficient (Wildman–Crippen LogP) is 1.30. The van der Waals surface area contributed by atoms with Crippen molar-refractivity contribution in [2.45, 2.75) is 25.3 Å². The third-order valence-electron chi connectivity index (χ3n) is 3.48. The molecule has 1 atom stereocenters. The van der Waals surface area contributed by atoms with E-state index in [0.717, 1.165) is 0 Å². The molecule has 1 aromatic heterocycles. The van der Waals surface area contributed by atoms with Crippen LogP contribution in [0.3, 0.4) is 0 Å². The largest absolute Gasteiger partial charge is 0.347 e. The van der Waals surface area contributed by atoms with E-state index < -0.39 is 0 Å². The molecule has 0 aromatic carbocycles. The molecule has 1 heterocycles. The standard InChI is InChI=1S/C12H19N3O.ClH/c1-12(8-13,9-5-6-9)14-11(16)10-4-3-7-15(10)2;/h3-4,7,9H,5-6,8,13H2,1-2H3,(H,14,16);1H. The molecule has 1 aliphatic carbocycles. The van der Waals surface area contributed by atoms with Crippen molar-refractivity contribution >= 4 is 18.3 Å². The quantitative estimate of drug-likeness (QED) is 0.854. The van der Waals surface area contributed by atoms with Gasteiger partial charge in [-0.1, -0.05) is 0 Å². The Morgan fingerprint density at radius 3 is 2.71 bits per heavy atom. The normalized spacial score (nSPS) is 18.1. The first kappa shape index (κ1) is 14.1. The number of hydrogen-bond acceptors (Lipinski definition) is 2. The molecule has 2 rings (SSSR count). The molecule has 0 spiro atoms. The number of nitrogens with two attached hydrogens (primary N) is 1. The average Bonchev–Trinajstić information content (AvgIpc) is 3.02. The zero-order chi connectivity index (χ0) is 11.8. The van der Waals surface area contributed by atoms with Crippen LogP contribution in [0, 0.1) is 5.92 Å². The Kier molecular flexibility index (Phi) is 4.22. The molecule has 17 heavy (non-hydrogen) atoms. The van der Waals surface area contributed by atoms with Gasteiger partial charge >= 0.3 is 0 Å². The van der Waals surface area contributed by atoms with E-state index in [1.165, 1.54) is 12.8 Å². The van der Waals surface area contributed by atoms with Crippen LogP contribution >= 0.6 is 12.4 Å². The van der Waals surface area contributed by atoms with Crippen molar-refractivity contribution in [3.05, 3.63) is 24.0 Å². The third-order valence-corrected chi connectivity index (χ3v) is 3.48. The van der Waals surface area contributed by atoms with Gasteiger partial charge in [0.2, 0.25) is 0 Å². The second kappa shape index (κ2) is 5.10. The number of amides is 1. The van der Waals surface area contributed by atoms with Crippen molar-refractivity contribution in [3.63, 3.8) is 0 Å². The van der Waals surface area contributed by atoms with E-state index in [2.05, 4.69) is 5.32 Å². The molecule has 5 heteroatoms. The Morgan fingerprint density at radius 2 is 2.29 bits per heavy atom. The van der Waals surface area contributed by atoms with Crippen LogP contribution in [0.25, 0.3) is 0 Å². The summed E-state index contributed by atoms with van der Waals surface area (Å²) in [6.07, 6.45) is 4.20. The van der Waals surface area contributed by atoms with Gasteiger partial charge in [0.1, 0.15) is 5.69 Å². The lowest BCUT2D eigenvalue weighted by atomic mass is 9.96. The van der Waals surface area contributed by atoms with Crippen LogP contribution in [-0.2, 0) is 7.05 Å². The van der Waals surface area contributed by atoms with E-state index in [1.807, 2.05) is 36.9 Å². The minimum absolute atomic E-state index is 0. The summed E-state index contributed by atoms with van der Waals surface area (Å²) in [7, 11) is 1.87. The van der Waals surface area contributed by atoms with Gasteiger partial charge in [-0.15, -0.1) is 12.4 Å². The predicted molar refractivity (Wildman–Crippen MR) is 70.3 cm³/mol. The summed E-state index contributed by atoms with van der Waals surface area (Å²) in [6.45, 7) is 2.53. The van der Waals surface area contributed by atoms with Gasteiger partial charge in [-0.25, -0.2) is 0 Å². The van der Waals surface area contributed by atoms with Gasteiger partial charge in [0.25, 0.3) is 5.91 Å². The summed E-state index contributed by atoms with van der Waals surface area (Å²) in [6, 6.07) is 3.69. The van der Waals surface area contributed by atoms with E-state index >= 15 is 0 Å². The molecule has 0 saturated heterocycles. The summed E-state index contributed by atoms with van der Waals surface area (Å²) in [5, 5.41) is 3.06. The van der Waals surface area contributed by atoms with Crippen molar-refractivity contribution in [2.24, 2.45) is 18.7 Å². The molecule has 1 saturated carbocycles. The fraction of sp³-hybridized carbons (Fsp3) is 0.583. The van der Waals surface area contributed by atoms with E-state index in [-0.39, 0.29) is 23.9 Å². The first-order valence-electron chi connectivity index (χ1n) is 5.71. The van der Waals surface area contributed by atoms with Crippen LogP contribution < -0.4 is 11.1 Å². The zero-order valence-corrected chi connectivity index (χ0v) is 11.1. The third kappa shape index (κ3) is 2.82. The topological polar surface area (TPSA) is 60.0 Å². The van der Waals surface area contributed by atoms with Gasteiger partial charge in [0, 0.05) is 19.8 Å². The number of rotatable bonds is 4. The maximum absolute atomic E-state index is 12.0. The summed E-state index contributed by atoms with van der Waals surface area (Å²) < 4.78 is 1.82. The highest BCUT2D eigenvalue weighted by atomic mass is 35.5. The van der Waals surface area contributed by atoms with Crippen molar-refractivity contribution in [3.8, 4) is 0 Å². The molecule has 1 aliphatic rings. The molecule has 96 valence electrons. The number of hydrogen-bond donors (Lipinski definition) is 2. The zero-order valence-electron chi connectivity index (χ0n) is 10.3. The fourth-order valence-corrected chi connectivity index (χ4v) is 2.06. The lowest BCUT2D eigenvalue weighted by Crippen LogP contribution is -2.53. The molecule has 1 aromatic rings. The molecule has 0 bridgehead atoms. The molecule has 1 unspecified atom stereocenters. The monoisotopic (exact) mass is 257 g/mol. The van der Waals surface area contributed by atoms with E-state index in [9.17, 15) is 4.79 Å². The second-order valence-electron chi connectivity index (χ2n) is 4.85. The molecule has 4 nitrogen and oxygen atoms in total. The molecule has 0 radical (unpaired) electrons. The van der Waals surface area contributed by atoms with E-state index in [1.54, 1.807) is 0 Å². The molecule has 1 fully saturated rings. The molecular weight excluding hydrogens is 238 g/mol. The summed E-state index contributed by atoms with van der Waals surface area (Å²) in [4.78, 5) is 12.0. The maximum Gasteiger partial charge on any atom is 0.268 e. The minimum Gasteiger partial charge on any atom is -0.347 e. The SMILES string of the molecule is Cl.Cn1cccc1C(=O)NC(C)(CN)C1CC1. The van der Waals surface area contributed by atoms with Crippen LogP contribution in [-0.4, -0.2) is 22.6 Å². The van der Waals surface area contributed by atoms with Gasteiger partial charge in [0.15, 0.2) is 0 Å². The number of aromatic nitrogens is 1. The highest BCUT2D eigenvalue weighted by molar-refractivity contribution is 5.93. The van der Waals surface area contributed by atoms with E-state index in [4.69, 9.17) is 5.73 Å². The molecule has 3 N–H and O–H groups in total. The number of carbonyl (C=O) groups excluding carboxylic acids is 1. The minimum atomic E-state index is -0.249. The number of halogens is 1. The van der Waals surface area contributed by atoms with Crippen molar-refractivity contribution < 1.29 is 4.79 Å². The number of aryl methyl sites for hydroxylation is 1. The van der Waals surface area contributed by atoms with Crippen LogP contribution in [0.5, 0.6) is 0 Å². The lowest BCUT2D eigenvalue weighted by Gasteiger charge is -2.29. The van der Waals surface area contributed by atoms with Gasteiger partial charge in [-0.3, -0.25) is 4.79 Å². The van der Waals surface area contributed by atoms with Gasteiger partial charge in [-0.2, -0.15) is 0 Å². The van der Waals surface area contributed by atoms with Crippen molar-refractivity contribution in [1.82, 2.24) is 9.88 Å². The number of carbonyl (C=O) groups is 1. The van der Waals surface area contributed by atoms with Crippen LogP contribution in [0.4, 0.5) is 0 Å². The Labute approximate surface area is 108 Å². The summed E-state index contributed by atoms with van der Waals surface area (Å²) in [5.74, 6) is 0.508. The summed E-state index contributed by atoms with van der Waals surface area (Å²) in [5.41, 5.74) is 6.20. The first-order valence-corrected chi connectivity index (χ1v) is 5.71. The maximum atomic E-state index is 12.0. The first-order chi connectivity index (χ1) is 7.57. The van der Waals surface area contributed by atoms with Crippen LogP contribution in [0.1, 0.15) is 30.3 Å². The lowest BCUT2D eigenvalue weighted by molar-refractivity contribution is 0.0889. The highest BCUT2D eigenvalue weighted by Gasteiger charge is 2.41. The molecular formula is C12H20ClN3O. The second-order valence-corrected chi connectivity index (χ2v) is 4.85. The Bertz CT molecular complexity index is 400. The van der Waals surface area contributed by atoms with Crippen molar-refractivity contribution in [2.75, 3.05) is 6.54 Å². The number of nitrogens with one attached hydrogen (secondary N) is 1. The van der Waals surface area contributed by atoms with Crippen LogP contribution in [0.15, 0.2) is 18.3 Å².